The highest BCUT2D eigenvalue weighted by Crippen LogP contribution is 2.16. The van der Waals surface area contributed by atoms with E-state index in [1.54, 1.807) is 0 Å². The van der Waals surface area contributed by atoms with Gasteiger partial charge in [-0.25, -0.2) is 0 Å². The average Bonchev–Trinajstić information content (AvgIpc) is 2.06. The van der Waals surface area contributed by atoms with Crippen molar-refractivity contribution in [3.8, 4) is 5.75 Å². The summed E-state index contributed by atoms with van der Waals surface area (Å²) in [7, 11) is 0. The Hall–Kier alpha value is -1.28. The van der Waals surface area contributed by atoms with Crippen molar-refractivity contribution < 1.29 is 4.74 Å². The minimum absolute atomic E-state index is 0.490. The van der Waals surface area contributed by atoms with Gasteiger partial charge in [0.15, 0.2) is 0 Å². The van der Waals surface area contributed by atoms with Gasteiger partial charge in [0.25, 0.3) is 0 Å². The summed E-state index contributed by atoms with van der Waals surface area (Å²) in [5.74, 6) is 0.782. The van der Waals surface area contributed by atoms with E-state index in [1.807, 2.05) is 24.3 Å². The molecule has 0 fully saturated rings. The number of benzene rings is 1. The maximum atomic E-state index is 5.47. The van der Waals surface area contributed by atoms with Gasteiger partial charge in [-0.2, -0.15) is 0 Å². The molecule has 2 nitrogen and oxygen atoms in total. The lowest BCUT2D eigenvalue weighted by molar-refractivity contribution is 0.477. The quantitative estimate of drug-likeness (QED) is 0.663. The third-order valence-corrected chi connectivity index (χ3v) is 1.40. The molecule has 2 heteroatoms. The van der Waals surface area contributed by atoms with Gasteiger partial charge in [0, 0.05) is 12.1 Å². The predicted octanol–water partition coefficient (Wildman–Crippen LogP) is 1.67. The largest absolute Gasteiger partial charge is 0.465 e. The Kier molecular flexibility index (Phi) is 2.69. The zero-order valence-corrected chi connectivity index (χ0v) is 6.29. The van der Waals surface area contributed by atoms with E-state index in [9.17, 15) is 0 Å². The molecule has 1 aromatic carbocycles. The first kappa shape index (κ1) is 7.82. The Morgan fingerprint density at radius 2 is 2.18 bits per heavy atom. The van der Waals surface area contributed by atoms with Gasteiger partial charge in [-0.05, 0) is 6.07 Å². The molecule has 0 saturated carbocycles. The van der Waals surface area contributed by atoms with E-state index >= 15 is 0 Å². The zero-order chi connectivity index (χ0) is 8.10. The Labute approximate surface area is 66.3 Å². The van der Waals surface area contributed by atoms with E-state index in [0.29, 0.717) is 6.54 Å². The van der Waals surface area contributed by atoms with E-state index in [2.05, 4.69) is 6.58 Å². The number of ether oxygens (including phenoxy) is 1. The lowest BCUT2D eigenvalue weighted by Gasteiger charge is -2.04. The number of para-hydroxylation sites is 1. The van der Waals surface area contributed by atoms with Crippen LogP contribution >= 0.6 is 0 Å². The highest BCUT2D eigenvalue weighted by Gasteiger charge is 1.96. The fraction of sp³-hybridized carbons (Fsp3) is 0.111. The average molecular weight is 149 g/mol. The van der Waals surface area contributed by atoms with Crippen molar-refractivity contribution in [1.29, 1.82) is 0 Å². The Bertz CT molecular complexity index is 245. The van der Waals surface area contributed by atoms with Crippen LogP contribution in [0.2, 0.25) is 0 Å². The van der Waals surface area contributed by atoms with Crippen molar-refractivity contribution >= 4 is 0 Å². The molecule has 0 aliphatic heterocycles. The van der Waals surface area contributed by atoms with E-state index < -0.39 is 0 Å². The summed E-state index contributed by atoms with van der Waals surface area (Å²) in [4.78, 5) is 0. The summed E-state index contributed by atoms with van der Waals surface area (Å²) in [5, 5.41) is 0. The third kappa shape index (κ3) is 1.82. The normalized spacial score (nSPS) is 9.18. The lowest BCUT2D eigenvalue weighted by atomic mass is 10.2. The summed E-state index contributed by atoms with van der Waals surface area (Å²) in [6, 6.07) is 7.62. The van der Waals surface area contributed by atoms with Gasteiger partial charge in [0.2, 0.25) is 0 Å². The molecule has 0 unspecified atom stereocenters. The van der Waals surface area contributed by atoms with E-state index in [0.717, 1.165) is 11.3 Å². The molecule has 2 N–H and O–H groups in total. The topological polar surface area (TPSA) is 35.2 Å². The van der Waals surface area contributed by atoms with Crippen molar-refractivity contribution in [2.24, 2.45) is 5.73 Å². The first-order valence-corrected chi connectivity index (χ1v) is 3.44. The van der Waals surface area contributed by atoms with Crippen LogP contribution in [0.15, 0.2) is 37.1 Å². The molecule has 0 radical (unpaired) electrons. The highest BCUT2D eigenvalue weighted by molar-refractivity contribution is 5.33. The molecule has 0 aromatic heterocycles. The highest BCUT2D eigenvalue weighted by atomic mass is 16.5. The maximum absolute atomic E-state index is 5.47. The van der Waals surface area contributed by atoms with Crippen LogP contribution in [0.5, 0.6) is 5.75 Å². The SMILES string of the molecule is C=COc1ccccc1CN. The van der Waals surface area contributed by atoms with Gasteiger partial charge in [-0.3, -0.25) is 0 Å². The second kappa shape index (κ2) is 3.78. The summed E-state index contributed by atoms with van der Waals surface area (Å²) in [5.41, 5.74) is 6.46. The van der Waals surface area contributed by atoms with E-state index in [-0.39, 0.29) is 0 Å². The van der Waals surface area contributed by atoms with Crippen LogP contribution in [0.25, 0.3) is 0 Å². The monoisotopic (exact) mass is 149 g/mol. The van der Waals surface area contributed by atoms with Crippen LogP contribution in [0.3, 0.4) is 0 Å². The Morgan fingerprint density at radius 1 is 1.45 bits per heavy atom. The number of hydrogen-bond acceptors (Lipinski definition) is 2. The van der Waals surface area contributed by atoms with Gasteiger partial charge < -0.3 is 10.5 Å². The Morgan fingerprint density at radius 3 is 2.82 bits per heavy atom. The molecule has 1 aromatic rings. The molecule has 0 bridgehead atoms. The summed E-state index contributed by atoms with van der Waals surface area (Å²) >= 11 is 0. The van der Waals surface area contributed by atoms with Crippen LogP contribution in [0, 0.1) is 0 Å². The molecule has 0 aliphatic rings. The minimum atomic E-state index is 0.490. The van der Waals surface area contributed by atoms with Gasteiger partial charge >= 0.3 is 0 Å². The summed E-state index contributed by atoms with van der Waals surface area (Å²) in [6.07, 6.45) is 1.40. The molecule has 0 saturated heterocycles. The molecule has 58 valence electrons. The van der Waals surface area contributed by atoms with Crippen LogP contribution < -0.4 is 10.5 Å². The fourth-order valence-electron chi connectivity index (χ4n) is 0.877. The lowest BCUT2D eigenvalue weighted by Crippen LogP contribution is -1.98. The number of hydrogen-bond donors (Lipinski definition) is 1. The van der Waals surface area contributed by atoms with Crippen molar-refractivity contribution in [3.05, 3.63) is 42.7 Å². The van der Waals surface area contributed by atoms with Crippen LogP contribution in [0.1, 0.15) is 5.56 Å². The van der Waals surface area contributed by atoms with Gasteiger partial charge in [0.1, 0.15) is 5.75 Å². The van der Waals surface area contributed by atoms with Crippen molar-refractivity contribution in [2.75, 3.05) is 0 Å². The molecule has 0 atom stereocenters. The Balaban J connectivity index is 2.92. The van der Waals surface area contributed by atoms with Gasteiger partial charge in [0.05, 0.1) is 6.26 Å². The molecular formula is C9H11NO. The van der Waals surface area contributed by atoms with Crippen LogP contribution in [-0.4, -0.2) is 0 Å². The molecule has 0 aliphatic carbocycles. The van der Waals surface area contributed by atoms with Crippen molar-refractivity contribution in [1.82, 2.24) is 0 Å². The molecule has 1 rings (SSSR count). The molecular weight excluding hydrogens is 138 g/mol. The van der Waals surface area contributed by atoms with Gasteiger partial charge in [-0.1, -0.05) is 24.8 Å². The van der Waals surface area contributed by atoms with Crippen molar-refractivity contribution in [2.45, 2.75) is 6.54 Å². The summed E-state index contributed by atoms with van der Waals surface area (Å²) in [6.45, 7) is 3.96. The number of rotatable bonds is 3. The third-order valence-electron chi connectivity index (χ3n) is 1.40. The maximum Gasteiger partial charge on any atom is 0.130 e. The van der Waals surface area contributed by atoms with Gasteiger partial charge in [-0.15, -0.1) is 0 Å². The van der Waals surface area contributed by atoms with E-state index in [1.165, 1.54) is 6.26 Å². The smallest absolute Gasteiger partial charge is 0.130 e. The zero-order valence-electron chi connectivity index (χ0n) is 6.29. The first-order chi connectivity index (χ1) is 5.38. The fourth-order valence-corrected chi connectivity index (χ4v) is 0.877. The summed E-state index contributed by atoms with van der Waals surface area (Å²) < 4.78 is 5.11. The second-order valence-corrected chi connectivity index (χ2v) is 2.10. The minimum Gasteiger partial charge on any atom is -0.465 e. The standard InChI is InChI=1S/C9H11NO/c1-2-11-9-6-4-3-5-8(9)7-10/h2-6H,1,7,10H2. The van der Waals surface area contributed by atoms with E-state index in [4.69, 9.17) is 10.5 Å². The first-order valence-electron chi connectivity index (χ1n) is 3.44. The number of nitrogens with two attached hydrogens (primary N) is 1. The molecule has 0 amide bonds. The van der Waals surface area contributed by atoms with Crippen molar-refractivity contribution in [3.63, 3.8) is 0 Å². The van der Waals surface area contributed by atoms with Crippen LogP contribution in [0.4, 0.5) is 0 Å². The molecule has 11 heavy (non-hydrogen) atoms. The molecule has 0 heterocycles. The second-order valence-electron chi connectivity index (χ2n) is 2.10. The molecule has 0 spiro atoms. The predicted molar refractivity (Wildman–Crippen MR) is 45.2 cm³/mol. The van der Waals surface area contributed by atoms with Crippen LogP contribution in [-0.2, 0) is 6.54 Å².